The Morgan fingerprint density at radius 3 is 2.65 bits per heavy atom. The van der Waals surface area contributed by atoms with Crippen molar-refractivity contribution in [2.75, 3.05) is 26.7 Å². The summed E-state index contributed by atoms with van der Waals surface area (Å²) in [4.78, 5) is 37.6. The molecule has 0 aromatic rings. The van der Waals surface area contributed by atoms with E-state index in [1.165, 1.54) is 4.90 Å². The van der Waals surface area contributed by atoms with Gasteiger partial charge in [0, 0.05) is 19.5 Å². The maximum absolute atomic E-state index is 12.4. The van der Waals surface area contributed by atoms with Crippen LogP contribution in [0, 0.1) is 0 Å². The van der Waals surface area contributed by atoms with Crippen LogP contribution in [0.25, 0.3) is 0 Å². The van der Waals surface area contributed by atoms with E-state index in [4.69, 9.17) is 0 Å². The number of carbonyl (C=O) groups is 3. The first kappa shape index (κ1) is 21.7. The molecule has 0 spiro atoms. The van der Waals surface area contributed by atoms with Gasteiger partial charge in [0.1, 0.15) is 5.78 Å². The monoisotopic (exact) mass is 360 g/mol. The number of aliphatic hydroxyl groups is 1. The topological polar surface area (TPSA) is 86.7 Å². The second-order valence-electron chi connectivity index (χ2n) is 6.20. The van der Waals surface area contributed by atoms with Crippen LogP contribution < -0.4 is 5.32 Å². The van der Waals surface area contributed by atoms with E-state index < -0.39 is 11.7 Å². The average molecular weight is 360 g/mol. The van der Waals surface area contributed by atoms with Crippen LogP contribution in [-0.4, -0.2) is 60.3 Å². The molecule has 1 aliphatic rings. The fourth-order valence-corrected chi connectivity index (χ4v) is 2.68. The summed E-state index contributed by atoms with van der Waals surface area (Å²) in [5, 5.41) is 12.4. The van der Waals surface area contributed by atoms with Gasteiger partial charge in [-0.15, -0.1) is 0 Å². The molecule has 1 atom stereocenters. The maximum atomic E-state index is 12.4. The highest BCUT2D eigenvalue weighted by Gasteiger charge is 2.26. The van der Waals surface area contributed by atoms with Crippen molar-refractivity contribution in [1.82, 2.24) is 10.2 Å². The molecule has 0 saturated heterocycles. The zero-order valence-corrected chi connectivity index (χ0v) is 15.6. The molecule has 26 heavy (non-hydrogen) atoms. The van der Waals surface area contributed by atoms with E-state index in [0.29, 0.717) is 25.9 Å². The average Bonchev–Trinajstić information content (AvgIpc) is 3.09. The number of Topliss-reactive ketones (excluding diaryl/α,β-unsaturated/α-hetero) is 2. The summed E-state index contributed by atoms with van der Waals surface area (Å²) in [7, 11) is 1.74. The quantitative estimate of drug-likeness (QED) is 0.251. The third kappa shape index (κ3) is 5.89. The van der Waals surface area contributed by atoms with E-state index in [1.54, 1.807) is 13.1 Å². The lowest BCUT2D eigenvalue weighted by atomic mass is 10.0. The molecule has 0 saturated carbocycles. The molecule has 2 N–H and O–H groups in total. The van der Waals surface area contributed by atoms with E-state index in [-0.39, 0.29) is 30.4 Å². The maximum Gasteiger partial charge on any atom is 0.257 e. The molecule has 0 aliphatic carbocycles. The highest BCUT2D eigenvalue weighted by molar-refractivity contribution is 6.22. The number of aliphatic hydroxyl groups excluding tert-OH is 1. The second kappa shape index (κ2) is 10.6. The van der Waals surface area contributed by atoms with Gasteiger partial charge in [-0.1, -0.05) is 38.3 Å². The Hall–Kier alpha value is -2.31. The largest absolute Gasteiger partial charge is 0.394 e. The lowest BCUT2D eigenvalue weighted by Gasteiger charge is -2.18. The minimum Gasteiger partial charge on any atom is -0.394 e. The van der Waals surface area contributed by atoms with E-state index in [2.05, 4.69) is 18.5 Å². The van der Waals surface area contributed by atoms with Crippen molar-refractivity contribution in [2.45, 2.75) is 32.2 Å². The Bertz CT molecular complexity index is 642. The zero-order valence-electron chi connectivity index (χ0n) is 15.6. The first-order valence-electron chi connectivity index (χ1n) is 8.72. The lowest BCUT2D eigenvalue weighted by Crippen LogP contribution is -2.33. The number of amides is 1. The predicted molar refractivity (Wildman–Crippen MR) is 102 cm³/mol. The molecular formula is C20H28N2O4. The molecule has 0 fully saturated rings. The van der Waals surface area contributed by atoms with Crippen molar-refractivity contribution in [3.05, 3.63) is 48.1 Å². The fourth-order valence-electron chi connectivity index (χ4n) is 2.68. The van der Waals surface area contributed by atoms with Gasteiger partial charge in [-0.2, -0.15) is 0 Å². The SMILES string of the molecule is C=CC(=CC1=CCN(C(=O)C(=C)C(=O)CC(=O)CCC)C1)C(CO)NC. The number of rotatable bonds is 11. The van der Waals surface area contributed by atoms with Crippen LogP contribution in [0.15, 0.2) is 48.1 Å². The number of ketones is 2. The van der Waals surface area contributed by atoms with Crippen LogP contribution in [0.1, 0.15) is 26.2 Å². The molecule has 142 valence electrons. The molecule has 0 aromatic heterocycles. The zero-order chi connectivity index (χ0) is 19.7. The van der Waals surface area contributed by atoms with Gasteiger partial charge in [0.05, 0.1) is 24.6 Å². The fraction of sp³-hybridized carbons (Fsp3) is 0.450. The Morgan fingerprint density at radius 2 is 2.12 bits per heavy atom. The molecule has 1 amide bonds. The van der Waals surface area contributed by atoms with Gasteiger partial charge in [0.25, 0.3) is 5.91 Å². The van der Waals surface area contributed by atoms with Crippen molar-refractivity contribution in [1.29, 1.82) is 0 Å². The first-order valence-corrected chi connectivity index (χ1v) is 8.72. The van der Waals surface area contributed by atoms with Gasteiger partial charge in [-0.05, 0) is 24.6 Å². The summed E-state index contributed by atoms with van der Waals surface area (Å²) < 4.78 is 0. The molecular weight excluding hydrogens is 332 g/mol. The Morgan fingerprint density at radius 1 is 1.42 bits per heavy atom. The number of likely N-dealkylation sites (N-methyl/N-ethyl adjacent to an activating group) is 1. The van der Waals surface area contributed by atoms with Gasteiger partial charge < -0.3 is 15.3 Å². The number of hydrogen-bond acceptors (Lipinski definition) is 5. The number of hydrogen-bond donors (Lipinski definition) is 2. The van der Waals surface area contributed by atoms with Crippen LogP contribution in [-0.2, 0) is 14.4 Å². The van der Waals surface area contributed by atoms with E-state index in [1.807, 2.05) is 19.1 Å². The molecule has 6 heteroatoms. The molecule has 1 unspecified atom stereocenters. The number of nitrogens with one attached hydrogen (secondary N) is 1. The molecule has 0 radical (unpaired) electrons. The summed E-state index contributed by atoms with van der Waals surface area (Å²) in [5.74, 6) is -1.14. The standard InChI is InChI=1S/C20H28N2O4/c1-5-7-17(24)11-19(25)14(3)20(26)22-9-8-15(12-22)10-16(6-2)18(13-23)21-4/h6,8,10,18,21,23H,2-3,5,7,9,11-13H2,1,4H3. The molecule has 1 heterocycles. The molecule has 0 aromatic carbocycles. The summed E-state index contributed by atoms with van der Waals surface area (Å²) in [6.45, 7) is 9.83. The van der Waals surface area contributed by atoms with Crippen molar-refractivity contribution < 1.29 is 19.5 Å². The van der Waals surface area contributed by atoms with E-state index >= 15 is 0 Å². The van der Waals surface area contributed by atoms with E-state index in [0.717, 1.165) is 11.1 Å². The summed E-state index contributed by atoms with van der Waals surface area (Å²) in [5.41, 5.74) is 1.56. The van der Waals surface area contributed by atoms with Crippen molar-refractivity contribution in [2.24, 2.45) is 0 Å². The van der Waals surface area contributed by atoms with Gasteiger partial charge in [0.15, 0.2) is 5.78 Å². The minimum atomic E-state index is -0.514. The van der Waals surface area contributed by atoms with Crippen molar-refractivity contribution >= 4 is 17.5 Å². The van der Waals surface area contributed by atoms with Crippen molar-refractivity contribution in [3.8, 4) is 0 Å². The van der Waals surface area contributed by atoms with Crippen LogP contribution in [0.2, 0.25) is 0 Å². The number of carbonyl (C=O) groups excluding carboxylic acids is 3. The van der Waals surface area contributed by atoms with Crippen LogP contribution in [0.5, 0.6) is 0 Å². The molecule has 1 aliphatic heterocycles. The lowest BCUT2D eigenvalue weighted by molar-refractivity contribution is -0.129. The van der Waals surface area contributed by atoms with Gasteiger partial charge in [0.2, 0.25) is 0 Å². The first-order chi connectivity index (χ1) is 12.4. The predicted octanol–water partition coefficient (Wildman–Crippen LogP) is 1.33. The smallest absolute Gasteiger partial charge is 0.257 e. The van der Waals surface area contributed by atoms with Gasteiger partial charge >= 0.3 is 0 Å². The summed E-state index contributed by atoms with van der Waals surface area (Å²) in [6.07, 6.45) is 6.14. The Labute approximate surface area is 154 Å². The summed E-state index contributed by atoms with van der Waals surface area (Å²) in [6, 6.07) is -0.237. The second-order valence-corrected chi connectivity index (χ2v) is 6.20. The Balaban J connectivity index is 2.70. The highest BCUT2D eigenvalue weighted by atomic mass is 16.3. The van der Waals surface area contributed by atoms with Crippen LogP contribution in [0.3, 0.4) is 0 Å². The van der Waals surface area contributed by atoms with Crippen LogP contribution in [0.4, 0.5) is 0 Å². The third-order valence-electron chi connectivity index (χ3n) is 4.24. The molecule has 6 nitrogen and oxygen atoms in total. The summed E-state index contributed by atoms with van der Waals surface area (Å²) >= 11 is 0. The van der Waals surface area contributed by atoms with E-state index in [9.17, 15) is 19.5 Å². The van der Waals surface area contributed by atoms with Crippen LogP contribution >= 0.6 is 0 Å². The Kier molecular flexibility index (Phi) is 8.88. The van der Waals surface area contributed by atoms with Gasteiger partial charge in [-0.25, -0.2) is 0 Å². The molecule has 0 bridgehead atoms. The van der Waals surface area contributed by atoms with Crippen molar-refractivity contribution in [3.63, 3.8) is 0 Å². The number of nitrogens with zero attached hydrogens (tertiary/aromatic N) is 1. The third-order valence-corrected chi connectivity index (χ3v) is 4.24. The van der Waals surface area contributed by atoms with Gasteiger partial charge in [-0.3, -0.25) is 14.4 Å². The highest BCUT2D eigenvalue weighted by Crippen LogP contribution is 2.17. The molecule has 1 rings (SSSR count). The minimum absolute atomic E-state index is 0.0681. The normalized spacial score (nSPS) is 15.4.